The van der Waals surface area contributed by atoms with E-state index < -0.39 is 5.91 Å². The number of fused-ring (bicyclic) bond motifs is 1. The number of nitrogens with one attached hydrogen (secondary N) is 2. The Balaban J connectivity index is 1.72. The Kier molecular flexibility index (Phi) is 5.39. The molecule has 0 saturated heterocycles. The summed E-state index contributed by atoms with van der Waals surface area (Å²) >= 11 is 24.0. The van der Waals surface area contributed by atoms with E-state index in [-0.39, 0.29) is 10.0 Å². The van der Waals surface area contributed by atoms with Gasteiger partial charge in [0.15, 0.2) is 5.15 Å². The van der Waals surface area contributed by atoms with Crippen molar-refractivity contribution in [2.24, 2.45) is 0 Å². The van der Waals surface area contributed by atoms with E-state index >= 15 is 0 Å². The summed E-state index contributed by atoms with van der Waals surface area (Å²) in [6, 6.07) is 8.53. The first-order valence-electron chi connectivity index (χ1n) is 6.97. The first kappa shape index (κ1) is 17.9. The van der Waals surface area contributed by atoms with Gasteiger partial charge in [-0.2, -0.15) is 0 Å². The molecule has 0 radical (unpaired) electrons. The van der Waals surface area contributed by atoms with Gasteiger partial charge < -0.3 is 0 Å². The van der Waals surface area contributed by atoms with Gasteiger partial charge in [0.05, 0.1) is 21.4 Å². The average molecular weight is 416 g/mol. The molecule has 0 aliphatic carbocycles. The molecule has 128 valence electrons. The summed E-state index contributed by atoms with van der Waals surface area (Å²) in [7, 11) is 0. The fourth-order valence-electron chi connectivity index (χ4n) is 2.12. The van der Waals surface area contributed by atoms with Crippen molar-refractivity contribution in [3.63, 3.8) is 0 Å². The van der Waals surface area contributed by atoms with Crippen LogP contribution in [0, 0.1) is 0 Å². The largest absolute Gasteiger partial charge is 0.299 e. The Morgan fingerprint density at radius 1 is 1.12 bits per heavy atom. The number of hydrogen-bond donors (Lipinski definition) is 2. The number of hydrogen-bond acceptors (Lipinski definition) is 3. The van der Waals surface area contributed by atoms with Gasteiger partial charge in [0, 0.05) is 17.3 Å². The zero-order valence-electron chi connectivity index (χ0n) is 12.4. The smallest absolute Gasteiger partial charge is 0.262 e. The van der Waals surface area contributed by atoms with E-state index in [9.17, 15) is 4.79 Å². The lowest BCUT2D eigenvalue weighted by Gasteiger charge is -2.10. The molecule has 1 aromatic carbocycles. The van der Waals surface area contributed by atoms with Gasteiger partial charge in [-0.1, -0.05) is 52.5 Å². The number of pyridine rings is 1. The van der Waals surface area contributed by atoms with E-state index in [1.54, 1.807) is 16.7 Å². The second kappa shape index (κ2) is 7.54. The number of nitrogens with zero attached hydrogens (tertiary/aromatic N) is 2. The monoisotopic (exact) mass is 414 g/mol. The Labute approximate surface area is 163 Å². The highest BCUT2D eigenvalue weighted by Gasteiger charge is 2.09. The highest BCUT2D eigenvalue weighted by molar-refractivity contribution is 6.41. The lowest BCUT2D eigenvalue weighted by molar-refractivity contribution is -0.115. The molecule has 0 saturated carbocycles. The molecule has 0 atom stereocenters. The zero-order chi connectivity index (χ0) is 18.0. The summed E-state index contributed by atoms with van der Waals surface area (Å²) in [4.78, 5) is 16.2. The number of benzene rings is 1. The molecule has 2 heterocycles. The van der Waals surface area contributed by atoms with Crippen LogP contribution >= 0.6 is 46.4 Å². The summed E-state index contributed by atoms with van der Waals surface area (Å²) in [6.45, 7) is 0. The summed E-state index contributed by atoms with van der Waals surface area (Å²) in [5.41, 5.74) is 6.76. The summed E-state index contributed by atoms with van der Waals surface area (Å²) in [5.74, 6) is -0.427. The van der Waals surface area contributed by atoms with Gasteiger partial charge in [-0.25, -0.2) is 4.98 Å². The van der Waals surface area contributed by atoms with Crippen molar-refractivity contribution >= 4 is 69.7 Å². The van der Waals surface area contributed by atoms with Crippen LogP contribution in [0.5, 0.6) is 0 Å². The quantitative estimate of drug-likeness (QED) is 0.460. The van der Waals surface area contributed by atoms with Gasteiger partial charge in [-0.05, 0) is 30.3 Å². The molecule has 1 amide bonds. The maximum absolute atomic E-state index is 12.0. The summed E-state index contributed by atoms with van der Waals surface area (Å²) in [5, 5.41) is 1.26. The molecule has 2 aromatic heterocycles. The maximum atomic E-state index is 12.0. The molecule has 5 nitrogen and oxygen atoms in total. The van der Waals surface area contributed by atoms with Gasteiger partial charge in [0.2, 0.25) is 0 Å². The van der Waals surface area contributed by atoms with Crippen LogP contribution in [0.25, 0.3) is 11.7 Å². The number of carbonyl (C=O) groups excluding carboxylic acids is 1. The van der Waals surface area contributed by atoms with Crippen molar-refractivity contribution in [1.29, 1.82) is 0 Å². The Morgan fingerprint density at radius 2 is 1.84 bits per heavy atom. The number of hydrazine groups is 1. The van der Waals surface area contributed by atoms with Crippen LogP contribution in [0.1, 0.15) is 5.69 Å². The van der Waals surface area contributed by atoms with E-state index in [1.165, 1.54) is 18.2 Å². The number of imidazole rings is 1. The van der Waals surface area contributed by atoms with Crippen LogP contribution in [0.15, 0.2) is 42.6 Å². The molecular formula is C16H10Cl4N4O. The lowest BCUT2D eigenvalue weighted by atomic mass is 10.3. The predicted molar refractivity (Wildman–Crippen MR) is 102 cm³/mol. The topological polar surface area (TPSA) is 58.4 Å². The third-order valence-corrected chi connectivity index (χ3v) is 4.32. The molecule has 3 rings (SSSR count). The van der Waals surface area contributed by atoms with E-state index in [1.807, 2.05) is 18.2 Å². The number of rotatable bonds is 4. The third-order valence-electron chi connectivity index (χ3n) is 3.23. The Bertz CT molecular complexity index is 960. The van der Waals surface area contributed by atoms with Gasteiger partial charge in [0.1, 0.15) is 5.65 Å². The van der Waals surface area contributed by atoms with E-state index in [0.717, 1.165) is 0 Å². The van der Waals surface area contributed by atoms with E-state index in [2.05, 4.69) is 15.8 Å². The molecule has 9 heteroatoms. The normalized spacial score (nSPS) is 11.2. The fourth-order valence-corrected chi connectivity index (χ4v) is 3.27. The van der Waals surface area contributed by atoms with Crippen molar-refractivity contribution in [2.45, 2.75) is 0 Å². The molecule has 0 bridgehead atoms. The molecule has 0 spiro atoms. The van der Waals surface area contributed by atoms with Crippen molar-refractivity contribution in [2.75, 3.05) is 5.43 Å². The maximum Gasteiger partial charge on any atom is 0.262 e. The minimum Gasteiger partial charge on any atom is -0.299 e. The molecule has 0 aliphatic heterocycles. The zero-order valence-corrected chi connectivity index (χ0v) is 15.5. The molecule has 2 N–H and O–H groups in total. The average Bonchev–Trinajstić information content (AvgIpc) is 2.87. The van der Waals surface area contributed by atoms with Crippen molar-refractivity contribution in [3.05, 3.63) is 68.5 Å². The first-order chi connectivity index (χ1) is 12.0. The molecule has 0 unspecified atom stereocenters. The molecule has 3 aromatic rings. The first-order valence-corrected chi connectivity index (χ1v) is 8.48. The van der Waals surface area contributed by atoms with Gasteiger partial charge >= 0.3 is 0 Å². The highest BCUT2D eigenvalue weighted by Crippen LogP contribution is 2.33. The Morgan fingerprint density at radius 3 is 2.56 bits per heavy atom. The second-order valence-electron chi connectivity index (χ2n) is 4.91. The third kappa shape index (κ3) is 4.02. The van der Waals surface area contributed by atoms with Crippen LogP contribution in [-0.2, 0) is 4.79 Å². The van der Waals surface area contributed by atoms with Crippen molar-refractivity contribution in [3.8, 4) is 0 Å². The Hall–Kier alpha value is -1.92. The standard InChI is InChI=1S/C16H10Cl4N4O/c17-9-7-10(18)15(11(19)8-9)23-22-14(25)5-4-12-16(20)21-13-3-1-2-6-24(12)13/h1-8,23H,(H,22,25). The number of anilines is 1. The van der Waals surface area contributed by atoms with Gasteiger partial charge in [0.25, 0.3) is 5.91 Å². The van der Waals surface area contributed by atoms with E-state index in [4.69, 9.17) is 46.4 Å². The summed E-state index contributed by atoms with van der Waals surface area (Å²) in [6.07, 6.45) is 4.68. The van der Waals surface area contributed by atoms with Crippen molar-refractivity contribution < 1.29 is 4.79 Å². The molecular weight excluding hydrogens is 406 g/mol. The number of carbonyl (C=O) groups is 1. The van der Waals surface area contributed by atoms with Gasteiger partial charge in [-0.3, -0.25) is 20.0 Å². The van der Waals surface area contributed by atoms with Crippen LogP contribution in [0.2, 0.25) is 20.2 Å². The SMILES string of the molecule is O=C(C=Cc1c(Cl)nc2ccccn12)NNc1c(Cl)cc(Cl)cc1Cl. The van der Waals surface area contributed by atoms with Gasteiger partial charge in [-0.15, -0.1) is 0 Å². The minimum atomic E-state index is -0.427. The predicted octanol–water partition coefficient (Wildman–Crippen LogP) is 5.10. The lowest BCUT2D eigenvalue weighted by Crippen LogP contribution is -2.27. The van der Waals surface area contributed by atoms with Crippen LogP contribution in [-0.4, -0.2) is 15.3 Å². The number of halogens is 4. The highest BCUT2D eigenvalue weighted by atomic mass is 35.5. The molecule has 0 fully saturated rings. The van der Waals surface area contributed by atoms with E-state index in [0.29, 0.717) is 27.2 Å². The second-order valence-corrected chi connectivity index (χ2v) is 6.52. The summed E-state index contributed by atoms with van der Waals surface area (Å²) < 4.78 is 1.77. The van der Waals surface area contributed by atoms with Crippen LogP contribution < -0.4 is 10.9 Å². The van der Waals surface area contributed by atoms with Crippen LogP contribution in [0.4, 0.5) is 5.69 Å². The number of amides is 1. The minimum absolute atomic E-state index is 0.284. The van der Waals surface area contributed by atoms with Crippen LogP contribution in [0.3, 0.4) is 0 Å². The number of aromatic nitrogens is 2. The molecule has 25 heavy (non-hydrogen) atoms. The van der Waals surface area contributed by atoms with Crippen molar-refractivity contribution in [1.82, 2.24) is 14.8 Å². The molecule has 0 aliphatic rings. The fraction of sp³-hybridized carbons (Fsp3) is 0.